The summed E-state index contributed by atoms with van der Waals surface area (Å²) in [6.45, 7) is 7.10. The zero-order valence-corrected chi connectivity index (χ0v) is 12.9. The molecule has 0 bridgehead atoms. The molecule has 0 saturated heterocycles. The van der Waals surface area contributed by atoms with Crippen molar-refractivity contribution in [1.82, 2.24) is 0 Å². The molecule has 0 fully saturated rings. The fourth-order valence-electron chi connectivity index (χ4n) is 1.91. The molecule has 0 amide bonds. The fraction of sp³-hybridized carbons (Fsp3) is 0.294. The Morgan fingerprint density at radius 2 is 1.70 bits per heavy atom. The molecule has 0 heterocycles. The molecule has 0 spiro atoms. The highest BCUT2D eigenvalue weighted by Gasteiger charge is 2.12. The smallest absolute Gasteiger partial charge is 0.142 e. The van der Waals surface area contributed by atoms with Crippen molar-refractivity contribution in [1.29, 1.82) is 0 Å². The molecule has 0 atom stereocenters. The average molecular weight is 290 g/mol. The van der Waals surface area contributed by atoms with Crippen molar-refractivity contribution < 1.29 is 4.74 Å². The van der Waals surface area contributed by atoms with Gasteiger partial charge in [-0.3, -0.25) is 0 Å². The minimum Gasteiger partial charge on any atom is -0.487 e. The van der Waals surface area contributed by atoms with E-state index in [1.54, 1.807) is 18.2 Å². The third-order valence-electron chi connectivity index (χ3n) is 3.19. The molecule has 0 aliphatic heterocycles. The quantitative estimate of drug-likeness (QED) is 0.824. The van der Waals surface area contributed by atoms with Gasteiger partial charge in [0.25, 0.3) is 0 Å². The van der Waals surface area contributed by atoms with Crippen molar-refractivity contribution >= 4 is 17.3 Å². The summed E-state index contributed by atoms with van der Waals surface area (Å²) < 4.78 is 5.72. The maximum absolute atomic E-state index is 5.86. The SMILES string of the molecule is CC(C)(C)c1ccc(COc2ccc(Cl)cc2N)cc1. The van der Waals surface area contributed by atoms with Crippen LogP contribution in [0.5, 0.6) is 5.75 Å². The van der Waals surface area contributed by atoms with Gasteiger partial charge in [0.05, 0.1) is 5.69 Å². The van der Waals surface area contributed by atoms with E-state index in [1.807, 2.05) is 0 Å². The normalized spacial score (nSPS) is 11.4. The monoisotopic (exact) mass is 289 g/mol. The molecule has 106 valence electrons. The lowest BCUT2D eigenvalue weighted by molar-refractivity contribution is 0.308. The van der Waals surface area contributed by atoms with Gasteiger partial charge < -0.3 is 10.5 Å². The van der Waals surface area contributed by atoms with Crippen LogP contribution in [0.1, 0.15) is 31.9 Å². The van der Waals surface area contributed by atoms with Crippen LogP contribution in [0, 0.1) is 0 Å². The minimum atomic E-state index is 0.167. The first kappa shape index (κ1) is 14.7. The Balaban J connectivity index is 2.04. The van der Waals surface area contributed by atoms with Crippen LogP contribution in [-0.4, -0.2) is 0 Å². The third kappa shape index (κ3) is 3.67. The van der Waals surface area contributed by atoms with Crippen LogP contribution in [-0.2, 0) is 12.0 Å². The largest absolute Gasteiger partial charge is 0.487 e. The summed E-state index contributed by atoms with van der Waals surface area (Å²) in [5.74, 6) is 0.661. The Morgan fingerprint density at radius 3 is 2.25 bits per heavy atom. The number of halogens is 1. The summed E-state index contributed by atoms with van der Waals surface area (Å²) in [5.41, 5.74) is 9.01. The van der Waals surface area contributed by atoms with Crippen LogP contribution in [0.15, 0.2) is 42.5 Å². The van der Waals surface area contributed by atoms with Crippen LogP contribution in [0.4, 0.5) is 5.69 Å². The Hall–Kier alpha value is -1.67. The van der Waals surface area contributed by atoms with Crippen LogP contribution < -0.4 is 10.5 Å². The zero-order valence-electron chi connectivity index (χ0n) is 12.1. The molecule has 3 heteroatoms. The van der Waals surface area contributed by atoms with E-state index in [0.717, 1.165) is 5.56 Å². The number of nitrogen functional groups attached to an aromatic ring is 1. The summed E-state index contributed by atoms with van der Waals surface area (Å²) in [7, 11) is 0. The third-order valence-corrected chi connectivity index (χ3v) is 3.42. The van der Waals surface area contributed by atoms with E-state index in [-0.39, 0.29) is 5.41 Å². The van der Waals surface area contributed by atoms with Gasteiger partial charge in [-0.2, -0.15) is 0 Å². The minimum absolute atomic E-state index is 0.167. The lowest BCUT2D eigenvalue weighted by Gasteiger charge is -2.19. The first-order valence-corrected chi connectivity index (χ1v) is 7.01. The van der Waals surface area contributed by atoms with Crippen molar-refractivity contribution in [2.24, 2.45) is 0 Å². The van der Waals surface area contributed by atoms with Gasteiger partial charge in [-0.05, 0) is 34.7 Å². The first-order chi connectivity index (χ1) is 9.36. The summed E-state index contributed by atoms with van der Waals surface area (Å²) in [6, 6.07) is 13.7. The van der Waals surface area contributed by atoms with Gasteiger partial charge in [0, 0.05) is 5.02 Å². The molecule has 2 nitrogen and oxygen atoms in total. The molecule has 2 aromatic carbocycles. The molecule has 2 rings (SSSR count). The summed E-state index contributed by atoms with van der Waals surface area (Å²) in [4.78, 5) is 0. The van der Waals surface area contributed by atoms with E-state index in [0.29, 0.717) is 23.1 Å². The number of rotatable bonds is 3. The highest BCUT2D eigenvalue weighted by molar-refractivity contribution is 6.30. The highest BCUT2D eigenvalue weighted by Crippen LogP contribution is 2.26. The van der Waals surface area contributed by atoms with Gasteiger partial charge in [-0.15, -0.1) is 0 Å². The summed E-state index contributed by atoms with van der Waals surface area (Å²) >= 11 is 5.86. The van der Waals surface area contributed by atoms with Gasteiger partial charge in [0.15, 0.2) is 0 Å². The Labute approximate surface area is 125 Å². The van der Waals surface area contributed by atoms with Gasteiger partial charge in [-0.1, -0.05) is 56.6 Å². The second-order valence-electron chi connectivity index (χ2n) is 5.92. The van der Waals surface area contributed by atoms with Crippen LogP contribution in [0.3, 0.4) is 0 Å². The number of hydrogen-bond donors (Lipinski definition) is 1. The Kier molecular flexibility index (Phi) is 4.24. The first-order valence-electron chi connectivity index (χ1n) is 6.63. The van der Waals surface area contributed by atoms with Gasteiger partial charge in [0.1, 0.15) is 12.4 Å². The number of anilines is 1. The summed E-state index contributed by atoms with van der Waals surface area (Å²) in [6.07, 6.45) is 0. The number of benzene rings is 2. The van der Waals surface area contributed by atoms with E-state index >= 15 is 0 Å². The molecule has 0 unspecified atom stereocenters. The van der Waals surface area contributed by atoms with Crippen molar-refractivity contribution in [2.75, 3.05) is 5.73 Å². The number of nitrogens with two attached hydrogens (primary N) is 1. The molecule has 0 radical (unpaired) electrons. The molecule has 2 N–H and O–H groups in total. The lowest BCUT2D eigenvalue weighted by Crippen LogP contribution is -2.10. The molecular formula is C17H20ClNO. The zero-order chi connectivity index (χ0) is 14.8. The maximum atomic E-state index is 5.86. The fourth-order valence-corrected chi connectivity index (χ4v) is 2.09. The van der Waals surface area contributed by atoms with Gasteiger partial charge >= 0.3 is 0 Å². The molecule has 2 aromatic rings. The highest BCUT2D eigenvalue weighted by atomic mass is 35.5. The average Bonchev–Trinajstić information content (AvgIpc) is 2.37. The predicted molar refractivity (Wildman–Crippen MR) is 85.3 cm³/mol. The van der Waals surface area contributed by atoms with Crippen molar-refractivity contribution in [3.05, 3.63) is 58.6 Å². The van der Waals surface area contributed by atoms with E-state index in [4.69, 9.17) is 22.1 Å². The molecule has 20 heavy (non-hydrogen) atoms. The van der Waals surface area contributed by atoms with Gasteiger partial charge in [-0.25, -0.2) is 0 Å². The standard InChI is InChI=1S/C17H20ClNO/c1-17(2,3)13-6-4-12(5-7-13)11-20-16-9-8-14(18)10-15(16)19/h4-10H,11,19H2,1-3H3. The van der Waals surface area contributed by atoms with E-state index in [9.17, 15) is 0 Å². The van der Waals surface area contributed by atoms with Gasteiger partial charge in [0.2, 0.25) is 0 Å². The number of hydrogen-bond acceptors (Lipinski definition) is 2. The van der Waals surface area contributed by atoms with Crippen molar-refractivity contribution in [3.8, 4) is 5.75 Å². The Morgan fingerprint density at radius 1 is 1.05 bits per heavy atom. The Bertz CT molecular complexity index is 585. The van der Waals surface area contributed by atoms with E-state index < -0.39 is 0 Å². The second-order valence-corrected chi connectivity index (χ2v) is 6.35. The molecule has 0 saturated carbocycles. The predicted octanol–water partition coefficient (Wildman–Crippen LogP) is 4.80. The molecule has 0 aliphatic carbocycles. The van der Waals surface area contributed by atoms with Crippen LogP contribution >= 0.6 is 11.6 Å². The number of ether oxygens (including phenoxy) is 1. The van der Waals surface area contributed by atoms with E-state index in [1.165, 1.54) is 5.56 Å². The molecule has 0 aliphatic rings. The molecule has 0 aromatic heterocycles. The lowest BCUT2D eigenvalue weighted by atomic mass is 9.87. The van der Waals surface area contributed by atoms with Crippen LogP contribution in [0.25, 0.3) is 0 Å². The van der Waals surface area contributed by atoms with E-state index in [2.05, 4.69) is 45.0 Å². The summed E-state index contributed by atoms with van der Waals surface area (Å²) in [5, 5.41) is 0.615. The maximum Gasteiger partial charge on any atom is 0.142 e. The van der Waals surface area contributed by atoms with Crippen molar-refractivity contribution in [2.45, 2.75) is 32.8 Å². The van der Waals surface area contributed by atoms with Crippen molar-refractivity contribution in [3.63, 3.8) is 0 Å². The topological polar surface area (TPSA) is 35.2 Å². The second kappa shape index (κ2) is 5.76. The molecular weight excluding hydrogens is 270 g/mol. The van der Waals surface area contributed by atoms with Crippen LogP contribution in [0.2, 0.25) is 5.02 Å².